The summed E-state index contributed by atoms with van der Waals surface area (Å²) in [4.78, 5) is 17.3. The molecule has 1 aliphatic rings. The predicted octanol–water partition coefficient (Wildman–Crippen LogP) is 2.19. The van der Waals surface area contributed by atoms with Gasteiger partial charge in [0.25, 0.3) is 0 Å². The van der Waals surface area contributed by atoms with Crippen LogP contribution in [-0.2, 0) is 11.8 Å². The first-order chi connectivity index (χ1) is 12.0. The van der Waals surface area contributed by atoms with Crippen LogP contribution in [0.15, 0.2) is 30.3 Å². The second-order valence-corrected chi connectivity index (χ2v) is 6.69. The Labute approximate surface area is 149 Å². The average Bonchev–Trinajstić information content (AvgIpc) is 2.88. The second-order valence-electron chi connectivity index (χ2n) is 6.69. The maximum atomic E-state index is 12.7. The molecule has 1 N–H and O–H groups in total. The van der Waals surface area contributed by atoms with Crippen molar-refractivity contribution < 1.29 is 4.79 Å². The van der Waals surface area contributed by atoms with Gasteiger partial charge in [-0.25, -0.2) is 0 Å². The minimum atomic E-state index is -0.156. The van der Waals surface area contributed by atoms with E-state index < -0.39 is 0 Å². The van der Waals surface area contributed by atoms with Crippen LogP contribution < -0.4 is 10.2 Å². The fourth-order valence-electron chi connectivity index (χ4n) is 3.35. The summed E-state index contributed by atoms with van der Waals surface area (Å²) < 4.78 is 1.80. The molecule has 0 unspecified atom stereocenters. The molecule has 0 saturated carbocycles. The van der Waals surface area contributed by atoms with Crippen LogP contribution in [-0.4, -0.2) is 52.8 Å². The van der Waals surface area contributed by atoms with E-state index in [0.29, 0.717) is 0 Å². The third-order valence-electron chi connectivity index (χ3n) is 5.12. The van der Waals surface area contributed by atoms with E-state index in [-0.39, 0.29) is 11.9 Å². The monoisotopic (exact) mass is 341 g/mol. The summed E-state index contributed by atoms with van der Waals surface area (Å²) >= 11 is 0. The fourth-order valence-corrected chi connectivity index (χ4v) is 3.35. The van der Waals surface area contributed by atoms with Crippen LogP contribution in [0.4, 0.5) is 11.4 Å². The van der Waals surface area contributed by atoms with Crippen LogP contribution in [0, 0.1) is 13.8 Å². The molecule has 2 heterocycles. The number of anilines is 2. The van der Waals surface area contributed by atoms with Gasteiger partial charge in [-0.1, -0.05) is 18.2 Å². The summed E-state index contributed by atoms with van der Waals surface area (Å²) in [6.07, 6.45) is 0. The second kappa shape index (κ2) is 7.27. The molecule has 1 amide bonds. The lowest BCUT2D eigenvalue weighted by atomic mass is 10.2. The SMILES string of the molecule is Cc1nn(C)c(C)c1NC(=O)[C@H](C)N1CCN(c2ccccc2)CC1. The molecule has 0 aliphatic carbocycles. The topological polar surface area (TPSA) is 53.4 Å². The quantitative estimate of drug-likeness (QED) is 0.926. The number of aryl methyl sites for hydroxylation is 2. The Morgan fingerprint density at radius 1 is 1.12 bits per heavy atom. The predicted molar refractivity (Wildman–Crippen MR) is 101 cm³/mol. The van der Waals surface area contributed by atoms with Gasteiger partial charge in [-0.05, 0) is 32.9 Å². The summed E-state index contributed by atoms with van der Waals surface area (Å²) in [6, 6.07) is 10.3. The summed E-state index contributed by atoms with van der Waals surface area (Å²) in [7, 11) is 1.89. The number of nitrogens with one attached hydrogen (secondary N) is 1. The third kappa shape index (κ3) is 3.69. The van der Waals surface area contributed by atoms with E-state index in [1.165, 1.54) is 5.69 Å². The van der Waals surface area contributed by atoms with Gasteiger partial charge in [0.05, 0.1) is 23.1 Å². The Bertz CT molecular complexity index is 732. The molecule has 6 nitrogen and oxygen atoms in total. The zero-order valence-electron chi connectivity index (χ0n) is 15.5. The molecular formula is C19H27N5O. The minimum Gasteiger partial charge on any atom is -0.369 e. The van der Waals surface area contributed by atoms with Crippen molar-refractivity contribution in [1.82, 2.24) is 14.7 Å². The third-order valence-corrected chi connectivity index (χ3v) is 5.12. The van der Waals surface area contributed by atoms with Crippen molar-refractivity contribution in [1.29, 1.82) is 0 Å². The van der Waals surface area contributed by atoms with Gasteiger partial charge in [-0.3, -0.25) is 14.4 Å². The van der Waals surface area contributed by atoms with Crippen LogP contribution in [0.2, 0.25) is 0 Å². The zero-order chi connectivity index (χ0) is 18.0. The van der Waals surface area contributed by atoms with E-state index >= 15 is 0 Å². The van der Waals surface area contributed by atoms with Gasteiger partial charge < -0.3 is 10.2 Å². The Balaban J connectivity index is 1.58. The van der Waals surface area contributed by atoms with E-state index in [9.17, 15) is 4.79 Å². The fraction of sp³-hybridized carbons (Fsp3) is 0.474. The van der Waals surface area contributed by atoms with Crippen molar-refractivity contribution >= 4 is 17.3 Å². The van der Waals surface area contributed by atoms with Gasteiger partial charge >= 0.3 is 0 Å². The summed E-state index contributed by atoms with van der Waals surface area (Å²) in [5.41, 5.74) is 3.92. The molecular weight excluding hydrogens is 314 g/mol. The Hall–Kier alpha value is -2.34. The van der Waals surface area contributed by atoms with Gasteiger partial charge in [0.15, 0.2) is 0 Å². The van der Waals surface area contributed by atoms with Crippen molar-refractivity contribution in [3.8, 4) is 0 Å². The van der Waals surface area contributed by atoms with Crippen molar-refractivity contribution in [2.24, 2.45) is 7.05 Å². The normalized spacial score (nSPS) is 16.7. The van der Waals surface area contributed by atoms with Crippen LogP contribution in [0.3, 0.4) is 0 Å². The number of aromatic nitrogens is 2. The first-order valence-corrected chi connectivity index (χ1v) is 8.82. The van der Waals surface area contributed by atoms with E-state index in [1.54, 1.807) is 4.68 Å². The zero-order valence-corrected chi connectivity index (χ0v) is 15.5. The smallest absolute Gasteiger partial charge is 0.241 e. The molecule has 2 aromatic rings. The summed E-state index contributed by atoms with van der Waals surface area (Å²) in [6.45, 7) is 9.52. The number of rotatable bonds is 4. The molecule has 25 heavy (non-hydrogen) atoms. The van der Waals surface area contributed by atoms with Gasteiger partial charge in [0.1, 0.15) is 0 Å². The number of carbonyl (C=O) groups is 1. The molecule has 1 atom stereocenters. The molecule has 0 radical (unpaired) electrons. The maximum absolute atomic E-state index is 12.7. The number of hydrogen-bond donors (Lipinski definition) is 1. The molecule has 1 aromatic heterocycles. The molecule has 1 saturated heterocycles. The van der Waals surface area contributed by atoms with E-state index in [1.807, 2.05) is 33.9 Å². The number of nitrogens with zero attached hydrogens (tertiary/aromatic N) is 4. The number of para-hydroxylation sites is 1. The molecule has 1 aliphatic heterocycles. The van der Waals surface area contributed by atoms with E-state index in [2.05, 4.69) is 44.5 Å². The Kier molecular flexibility index (Phi) is 5.08. The lowest BCUT2D eigenvalue weighted by Gasteiger charge is -2.38. The van der Waals surface area contributed by atoms with Crippen molar-refractivity contribution in [3.05, 3.63) is 41.7 Å². The van der Waals surface area contributed by atoms with Crippen LogP contribution in [0.25, 0.3) is 0 Å². The Morgan fingerprint density at radius 2 is 1.76 bits per heavy atom. The first-order valence-electron chi connectivity index (χ1n) is 8.82. The molecule has 134 valence electrons. The van der Waals surface area contributed by atoms with Crippen molar-refractivity contribution in [3.63, 3.8) is 0 Å². The van der Waals surface area contributed by atoms with Crippen LogP contribution in [0.5, 0.6) is 0 Å². The highest BCUT2D eigenvalue weighted by Gasteiger charge is 2.26. The van der Waals surface area contributed by atoms with Gasteiger partial charge in [0, 0.05) is 38.9 Å². The standard InChI is InChI=1S/C19H27N5O/c1-14-18(15(2)22(4)21-14)20-19(25)16(3)23-10-12-24(13-11-23)17-8-6-5-7-9-17/h5-9,16H,10-13H2,1-4H3,(H,20,25)/t16-/m0/s1. The number of amides is 1. The highest BCUT2D eigenvalue weighted by atomic mass is 16.2. The minimum absolute atomic E-state index is 0.0346. The average molecular weight is 341 g/mol. The van der Waals surface area contributed by atoms with Crippen LogP contribution >= 0.6 is 0 Å². The van der Waals surface area contributed by atoms with Crippen molar-refractivity contribution in [2.45, 2.75) is 26.8 Å². The lowest BCUT2D eigenvalue weighted by Crippen LogP contribution is -2.52. The van der Waals surface area contributed by atoms with Crippen LogP contribution in [0.1, 0.15) is 18.3 Å². The van der Waals surface area contributed by atoms with Gasteiger partial charge in [-0.2, -0.15) is 5.10 Å². The maximum Gasteiger partial charge on any atom is 0.241 e. The van der Waals surface area contributed by atoms with E-state index in [4.69, 9.17) is 0 Å². The molecule has 0 bridgehead atoms. The molecule has 3 rings (SSSR count). The largest absolute Gasteiger partial charge is 0.369 e. The van der Waals surface area contributed by atoms with Gasteiger partial charge in [-0.15, -0.1) is 0 Å². The highest BCUT2D eigenvalue weighted by molar-refractivity contribution is 5.95. The molecule has 6 heteroatoms. The summed E-state index contributed by atoms with van der Waals surface area (Å²) in [5, 5.41) is 7.42. The highest BCUT2D eigenvalue weighted by Crippen LogP contribution is 2.20. The molecule has 1 fully saturated rings. The Morgan fingerprint density at radius 3 is 2.32 bits per heavy atom. The number of hydrogen-bond acceptors (Lipinski definition) is 4. The van der Waals surface area contributed by atoms with Crippen molar-refractivity contribution in [2.75, 3.05) is 36.4 Å². The molecule has 0 spiro atoms. The number of carbonyl (C=O) groups excluding carboxylic acids is 1. The van der Waals surface area contributed by atoms with Gasteiger partial charge in [0.2, 0.25) is 5.91 Å². The lowest BCUT2D eigenvalue weighted by molar-refractivity contribution is -0.120. The number of benzene rings is 1. The first kappa shape index (κ1) is 17.5. The number of piperazine rings is 1. The summed E-state index contributed by atoms with van der Waals surface area (Å²) in [5.74, 6) is 0.0346. The van der Waals surface area contributed by atoms with E-state index in [0.717, 1.165) is 43.3 Å². The molecule has 1 aromatic carbocycles.